The van der Waals surface area contributed by atoms with Crippen LogP contribution in [0.1, 0.15) is 0 Å². The molecule has 14 heavy (non-hydrogen) atoms. The fourth-order valence-corrected chi connectivity index (χ4v) is 1.23. The van der Waals surface area contributed by atoms with Gasteiger partial charge in [0.15, 0.2) is 0 Å². The van der Waals surface area contributed by atoms with Gasteiger partial charge in [-0.15, -0.1) is 10.2 Å². The first-order valence-corrected chi connectivity index (χ1v) is 4.31. The summed E-state index contributed by atoms with van der Waals surface area (Å²) in [6, 6.07) is 5.70. The summed E-state index contributed by atoms with van der Waals surface area (Å²) in [6.45, 7) is 0. The zero-order valence-corrected chi connectivity index (χ0v) is 8.10. The molecule has 0 aliphatic rings. The van der Waals surface area contributed by atoms with Crippen LogP contribution < -0.4 is 5.32 Å². The molecule has 0 aromatic carbocycles. The molecule has 72 valence electrons. The summed E-state index contributed by atoms with van der Waals surface area (Å²) in [5.41, 5.74) is 1.78. The Bertz CT molecular complexity index is 417. The van der Waals surface area contributed by atoms with Gasteiger partial charge >= 0.3 is 0 Å². The zero-order valence-electron chi connectivity index (χ0n) is 8.10. The molecule has 5 heteroatoms. The Morgan fingerprint density at radius 1 is 1.21 bits per heavy atom. The number of anilines is 1. The maximum Gasteiger partial charge on any atom is 0.148 e. The fraction of sp³-hybridized carbons (Fsp3) is 0.222. The molecule has 2 aromatic rings. The Hall–Kier alpha value is -1.91. The number of aromatic nitrogens is 4. The van der Waals surface area contributed by atoms with Gasteiger partial charge in [-0.25, -0.2) is 0 Å². The molecule has 0 aliphatic carbocycles. The zero-order chi connectivity index (χ0) is 9.97. The molecule has 1 N–H and O–H groups in total. The van der Waals surface area contributed by atoms with Crippen molar-refractivity contribution in [2.24, 2.45) is 7.05 Å². The molecule has 0 aliphatic heterocycles. The predicted molar refractivity (Wildman–Crippen MR) is 53.8 cm³/mol. The highest BCUT2D eigenvalue weighted by atomic mass is 15.3. The van der Waals surface area contributed by atoms with Crippen LogP contribution in [0.5, 0.6) is 0 Å². The molecule has 0 bridgehead atoms. The van der Waals surface area contributed by atoms with Gasteiger partial charge in [0.2, 0.25) is 0 Å². The first kappa shape index (κ1) is 8.68. The van der Waals surface area contributed by atoms with E-state index in [1.54, 1.807) is 10.9 Å². The minimum atomic E-state index is 0.760. The van der Waals surface area contributed by atoms with E-state index in [1.807, 2.05) is 32.3 Å². The summed E-state index contributed by atoms with van der Waals surface area (Å²) in [5.74, 6) is 0.760. The van der Waals surface area contributed by atoms with Crippen molar-refractivity contribution in [2.45, 2.75) is 0 Å². The van der Waals surface area contributed by atoms with Crippen LogP contribution in [-0.4, -0.2) is 27.0 Å². The summed E-state index contributed by atoms with van der Waals surface area (Å²) < 4.78 is 1.77. The molecule has 0 spiro atoms. The van der Waals surface area contributed by atoms with E-state index in [9.17, 15) is 0 Å². The van der Waals surface area contributed by atoms with Crippen molar-refractivity contribution < 1.29 is 0 Å². The smallest absolute Gasteiger partial charge is 0.148 e. The third-order valence-corrected chi connectivity index (χ3v) is 2.00. The Morgan fingerprint density at radius 2 is 2.07 bits per heavy atom. The second kappa shape index (κ2) is 3.45. The molecular weight excluding hydrogens is 178 g/mol. The Labute approximate surface area is 81.8 Å². The molecule has 0 radical (unpaired) electrons. The van der Waals surface area contributed by atoms with Gasteiger partial charge in [-0.1, -0.05) is 0 Å². The van der Waals surface area contributed by atoms with Gasteiger partial charge in [-0.05, 0) is 18.2 Å². The summed E-state index contributed by atoms with van der Waals surface area (Å²) >= 11 is 0. The SMILES string of the molecule is CNc1ccc(-c2ccnn2C)nn1. The largest absolute Gasteiger partial charge is 0.372 e. The summed E-state index contributed by atoms with van der Waals surface area (Å²) in [7, 11) is 3.69. The van der Waals surface area contributed by atoms with Crippen LogP contribution in [-0.2, 0) is 7.05 Å². The molecule has 2 rings (SSSR count). The number of nitrogens with zero attached hydrogens (tertiary/aromatic N) is 4. The molecule has 0 saturated carbocycles. The van der Waals surface area contributed by atoms with E-state index >= 15 is 0 Å². The average Bonchev–Trinajstić information content (AvgIpc) is 2.65. The molecule has 0 saturated heterocycles. The third-order valence-electron chi connectivity index (χ3n) is 2.00. The number of hydrogen-bond donors (Lipinski definition) is 1. The van der Waals surface area contributed by atoms with E-state index < -0.39 is 0 Å². The van der Waals surface area contributed by atoms with Crippen molar-refractivity contribution in [1.29, 1.82) is 0 Å². The summed E-state index contributed by atoms with van der Waals surface area (Å²) in [5, 5.41) is 15.1. The molecule has 0 unspecified atom stereocenters. The predicted octanol–water partition coefficient (Wildman–Crippen LogP) is 0.919. The van der Waals surface area contributed by atoms with E-state index in [4.69, 9.17) is 0 Å². The maximum atomic E-state index is 4.08. The normalized spacial score (nSPS) is 10.1. The van der Waals surface area contributed by atoms with Crippen LogP contribution in [0.4, 0.5) is 5.82 Å². The van der Waals surface area contributed by atoms with Gasteiger partial charge in [0.1, 0.15) is 11.5 Å². The first-order chi connectivity index (χ1) is 6.81. The van der Waals surface area contributed by atoms with Gasteiger partial charge in [-0.3, -0.25) is 4.68 Å². The Balaban J connectivity index is 2.39. The first-order valence-electron chi connectivity index (χ1n) is 4.31. The average molecular weight is 189 g/mol. The van der Waals surface area contributed by atoms with Crippen LogP contribution in [0.2, 0.25) is 0 Å². The molecule has 0 fully saturated rings. The van der Waals surface area contributed by atoms with Crippen molar-refractivity contribution in [1.82, 2.24) is 20.0 Å². The van der Waals surface area contributed by atoms with E-state index in [-0.39, 0.29) is 0 Å². The topological polar surface area (TPSA) is 55.6 Å². The standard InChI is InChI=1S/C9H11N5/c1-10-9-4-3-7(12-13-9)8-5-6-11-14(8)2/h3-6H,1-2H3,(H,10,13). The number of hydrogen-bond acceptors (Lipinski definition) is 4. The highest BCUT2D eigenvalue weighted by Crippen LogP contribution is 2.14. The molecule has 2 heterocycles. The maximum absolute atomic E-state index is 4.08. The Morgan fingerprint density at radius 3 is 2.57 bits per heavy atom. The highest BCUT2D eigenvalue weighted by molar-refractivity contribution is 5.54. The van der Waals surface area contributed by atoms with Crippen molar-refractivity contribution in [2.75, 3.05) is 12.4 Å². The lowest BCUT2D eigenvalue weighted by Gasteiger charge is -2.01. The second-order valence-electron chi connectivity index (χ2n) is 2.89. The van der Waals surface area contributed by atoms with E-state index in [1.165, 1.54) is 0 Å². The number of aryl methyl sites for hydroxylation is 1. The third kappa shape index (κ3) is 1.44. The molecule has 5 nitrogen and oxygen atoms in total. The van der Waals surface area contributed by atoms with Gasteiger partial charge in [-0.2, -0.15) is 5.10 Å². The minimum absolute atomic E-state index is 0.760. The van der Waals surface area contributed by atoms with Crippen LogP contribution in [0.3, 0.4) is 0 Å². The molecular formula is C9H11N5. The van der Waals surface area contributed by atoms with Crippen LogP contribution in [0.15, 0.2) is 24.4 Å². The van der Waals surface area contributed by atoms with E-state index in [0.29, 0.717) is 0 Å². The second-order valence-corrected chi connectivity index (χ2v) is 2.89. The number of rotatable bonds is 2. The summed E-state index contributed by atoms with van der Waals surface area (Å²) in [4.78, 5) is 0. The lowest BCUT2D eigenvalue weighted by Crippen LogP contribution is -1.98. The van der Waals surface area contributed by atoms with Gasteiger partial charge < -0.3 is 5.32 Å². The van der Waals surface area contributed by atoms with Crippen molar-refractivity contribution in [3.8, 4) is 11.4 Å². The molecule has 2 aromatic heterocycles. The fourth-order valence-electron chi connectivity index (χ4n) is 1.23. The van der Waals surface area contributed by atoms with Gasteiger partial charge in [0.25, 0.3) is 0 Å². The van der Waals surface area contributed by atoms with Gasteiger partial charge in [0, 0.05) is 20.3 Å². The Kier molecular flexibility index (Phi) is 2.14. The molecule has 0 atom stereocenters. The van der Waals surface area contributed by atoms with Crippen LogP contribution in [0.25, 0.3) is 11.4 Å². The van der Waals surface area contributed by atoms with Crippen molar-refractivity contribution in [3.05, 3.63) is 24.4 Å². The van der Waals surface area contributed by atoms with Gasteiger partial charge in [0.05, 0.1) is 5.69 Å². The number of nitrogens with one attached hydrogen (secondary N) is 1. The monoisotopic (exact) mass is 189 g/mol. The molecule has 0 amide bonds. The van der Waals surface area contributed by atoms with E-state index in [2.05, 4.69) is 20.6 Å². The quantitative estimate of drug-likeness (QED) is 0.763. The summed E-state index contributed by atoms with van der Waals surface area (Å²) in [6.07, 6.45) is 1.74. The van der Waals surface area contributed by atoms with Crippen LogP contribution in [0, 0.1) is 0 Å². The lowest BCUT2D eigenvalue weighted by atomic mass is 10.3. The van der Waals surface area contributed by atoms with Crippen molar-refractivity contribution in [3.63, 3.8) is 0 Å². The van der Waals surface area contributed by atoms with Crippen molar-refractivity contribution >= 4 is 5.82 Å². The lowest BCUT2D eigenvalue weighted by molar-refractivity contribution is 0.771. The van der Waals surface area contributed by atoms with Crippen LogP contribution >= 0.6 is 0 Å². The van der Waals surface area contributed by atoms with E-state index in [0.717, 1.165) is 17.2 Å². The highest BCUT2D eigenvalue weighted by Gasteiger charge is 2.03. The minimum Gasteiger partial charge on any atom is -0.372 e.